The van der Waals surface area contributed by atoms with Crippen LogP contribution in [0, 0.1) is 0 Å². The third-order valence-electron chi connectivity index (χ3n) is 3.09. The van der Waals surface area contributed by atoms with Crippen molar-refractivity contribution in [3.8, 4) is 0 Å². The summed E-state index contributed by atoms with van der Waals surface area (Å²) in [5.41, 5.74) is 0.787. The van der Waals surface area contributed by atoms with E-state index in [0.717, 1.165) is 10.6 Å². The number of fused-ring (bicyclic) bond motifs is 1. The van der Waals surface area contributed by atoms with Crippen LogP contribution in [-0.4, -0.2) is 33.9 Å². The van der Waals surface area contributed by atoms with Crippen LogP contribution in [0.4, 0.5) is 11.5 Å². The van der Waals surface area contributed by atoms with Crippen LogP contribution in [0.2, 0.25) is 0 Å². The second-order valence-electron chi connectivity index (χ2n) is 4.66. The highest BCUT2D eigenvalue weighted by Gasteiger charge is 2.26. The van der Waals surface area contributed by atoms with Crippen molar-refractivity contribution in [2.24, 2.45) is 7.05 Å². The summed E-state index contributed by atoms with van der Waals surface area (Å²) in [4.78, 5) is 26.7. The zero-order valence-corrected chi connectivity index (χ0v) is 12.3. The van der Waals surface area contributed by atoms with E-state index in [1.807, 2.05) is 24.3 Å². The summed E-state index contributed by atoms with van der Waals surface area (Å²) in [5, 5.41) is 6.77. The fourth-order valence-corrected chi connectivity index (χ4v) is 3.07. The van der Waals surface area contributed by atoms with E-state index in [0.29, 0.717) is 11.6 Å². The molecule has 6 nitrogen and oxygen atoms in total. The maximum atomic E-state index is 12.1. The number of carbonyl (C=O) groups is 2. The minimum Gasteiger partial charge on any atom is -0.308 e. The molecule has 1 aromatic heterocycles. The number of hydrogen-bond donors (Lipinski definition) is 1. The van der Waals surface area contributed by atoms with Crippen molar-refractivity contribution in [1.29, 1.82) is 0 Å². The number of rotatable bonds is 3. The molecule has 1 aromatic carbocycles. The molecule has 2 amide bonds. The Bertz CT molecular complexity index is 698. The van der Waals surface area contributed by atoms with Crippen LogP contribution in [-0.2, 0) is 16.6 Å². The molecule has 0 radical (unpaired) electrons. The van der Waals surface area contributed by atoms with E-state index in [2.05, 4.69) is 10.4 Å². The quantitative estimate of drug-likeness (QED) is 0.933. The van der Waals surface area contributed by atoms with Crippen molar-refractivity contribution in [1.82, 2.24) is 9.78 Å². The lowest BCUT2D eigenvalue weighted by Gasteiger charge is -2.28. The molecule has 2 aromatic rings. The highest BCUT2D eigenvalue weighted by atomic mass is 32.2. The van der Waals surface area contributed by atoms with Gasteiger partial charge < -0.3 is 10.2 Å². The molecule has 2 heterocycles. The van der Waals surface area contributed by atoms with Crippen LogP contribution >= 0.6 is 11.8 Å². The van der Waals surface area contributed by atoms with E-state index in [1.54, 1.807) is 24.0 Å². The molecule has 0 aliphatic carbocycles. The molecule has 108 valence electrons. The Hall–Kier alpha value is -2.28. The van der Waals surface area contributed by atoms with Crippen LogP contribution in [0.25, 0.3) is 0 Å². The second kappa shape index (κ2) is 5.61. The summed E-state index contributed by atoms with van der Waals surface area (Å²) in [7, 11) is 1.78. The van der Waals surface area contributed by atoms with Gasteiger partial charge >= 0.3 is 0 Å². The number of thioether (sulfide) groups is 1. The summed E-state index contributed by atoms with van der Waals surface area (Å²) >= 11 is 1.50. The zero-order valence-electron chi connectivity index (χ0n) is 11.4. The summed E-state index contributed by atoms with van der Waals surface area (Å²) in [6.07, 6.45) is 1.74. The molecule has 1 aliphatic rings. The van der Waals surface area contributed by atoms with Crippen LogP contribution in [0.1, 0.15) is 0 Å². The molecule has 21 heavy (non-hydrogen) atoms. The molecule has 3 rings (SSSR count). The standard InChI is InChI=1S/C14H14N4O2S/c1-17-7-6-12(16-17)15-13(19)8-18-10-4-2-3-5-11(10)21-9-14(18)20/h2-7H,8-9H2,1H3,(H,15,16,19). The largest absolute Gasteiger partial charge is 0.308 e. The average Bonchev–Trinajstić information content (AvgIpc) is 2.87. The molecule has 0 saturated carbocycles. The van der Waals surface area contributed by atoms with E-state index < -0.39 is 0 Å². The minimum atomic E-state index is -0.260. The van der Waals surface area contributed by atoms with Gasteiger partial charge in [-0.05, 0) is 12.1 Å². The summed E-state index contributed by atoms with van der Waals surface area (Å²) in [6, 6.07) is 9.30. The van der Waals surface area contributed by atoms with Gasteiger partial charge in [0.25, 0.3) is 0 Å². The lowest BCUT2D eigenvalue weighted by molar-refractivity contribution is -0.120. The first-order chi connectivity index (χ1) is 10.1. The van der Waals surface area contributed by atoms with Gasteiger partial charge in [-0.25, -0.2) is 0 Å². The number of amides is 2. The number of nitrogens with zero attached hydrogens (tertiary/aromatic N) is 3. The van der Waals surface area contributed by atoms with Crippen molar-refractivity contribution in [3.63, 3.8) is 0 Å². The maximum Gasteiger partial charge on any atom is 0.245 e. The van der Waals surface area contributed by atoms with Gasteiger partial charge in [-0.3, -0.25) is 14.3 Å². The van der Waals surface area contributed by atoms with Crippen molar-refractivity contribution in [2.75, 3.05) is 22.5 Å². The predicted octanol–water partition coefficient (Wildman–Crippen LogP) is 1.50. The van der Waals surface area contributed by atoms with Crippen molar-refractivity contribution < 1.29 is 9.59 Å². The number of benzene rings is 1. The molecular formula is C14H14N4O2S. The molecule has 7 heteroatoms. The number of aryl methyl sites for hydroxylation is 1. The minimum absolute atomic E-state index is 0.00696. The molecular weight excluding hydrogens is 288 g/mol. The van der Waals surface area contributed by atoms with E-state index in [4.69, 9.17) is 0 Å². The van der Waals surface area contributed by atoms with Crippen LogP contribution in [0.15, 0.2) is 41.4 Å². The summed E-state index contributed by atoms with van der Waals surface area (Å²) in [6.45, 7) is -0.00696. The van der Waals surface area contributed by atoms with Gasteiger partial charge in [-0.2, -0.15) is 5.10 Å². The van der Waals surface area contributed by atoms with Gasteiger partial charge in [0.1, 0.15) is 6.54 Å². The lowest BCUT2D eigenvalue weighted by atomic mass is 10.2. The van der Waals surface area contributed by atoms with Crippen LogP contribution in [0.3, 0.4) is 0 Å². The van der Waals surface area contributed by atoms with Crippen LogP contribution in [0.5, 0.6) is 0 Å². The fraction of sp³-hybridized carbons (Fsp3) is 0.214. The van der Waals surface area contributed by atoms with Crippen molar-refractivity contribution in [3.05, 3.63) is 36.5 Å². The predicted molar refractivity (Wildman–Crippen MR) is 81.4 cm³/mol. The van der Waals surface area contributed by atoms with Gasteiger partial charge in [0.15, 0.2) is 5.82 Å². The smallest absolute Gasteiger partial charge is 0.245 e. The average molecular weight is 302 g/mol. The Labute approximate surface area is 126 Å². The number of nitrogens with one attached hydrogen (secondary N) is 1. The number of carbonyl (C=O) groups excluding carboxylic acids is 2. The molecule has 0 saturated heterocycles. The van der Waals surface area contributed by atoms with E-state index >= 15 is 0 Å². The Morgan fingerprint density at radius 2 is 2.19 bits per heavy atom. The monoisotopic (exact) mass is 302 g/mol. The number of para-hydroxylation sites is 1. The molecule has 0 fully saturated rings. The van der Waals surface area contributed by atoms with Crippen LogP contribution < -0.4 is 10.2 Å². The maximum absolute atomic E-state index is 12.1. The summed E-state index contributed by atoms with van der Waals surface area (Å²) < 4.78 is 1.60. The first-order valence-corrected chi connectivity index (χ1v) is 7.44. The van der Waals surface area contributed by atoms with Gasteiger partial charge in [0.2, 0.25) is 11.8 Å². The lowest BCUT2D eigenvalue weighted by Crippen LogP contribution is -2.41. The van der Waals surface area contributed by atoms with Crippen molar-refractivity contribution in [2.45, 2.75) is 4.90 Å². The third kappa shape index (κ3) is 2.92. The third-order valence-corrected chi connectivity index (χ3v) is 4.14. The Kier molecular flexibility index (Phi) is 3.66. The molecule has 0 unspecified atom stereocenters. The number of aromatic nitrogens is 2. The second-order valence-corrected chi connectivity index (χ2v) is 5.68. The van der Waals surface area contributed by atoms with Gasteiger partial charge in [-0.1, -0.05) is 12.1 Å². The Morgan fingerprint density at radius 1 is 1.38 bits per heavy atom. The van der Waals surface area contributed by atoms with Gasteiger partial charge in [0.05, 0.1) is 11.4 Å². The van der Waals surface area contributed by atoms with E-state index in [9.17, 15) is 9.59 Å². The van der Waals surface area contributed by atoms with Crippen molar-refractivity contribution >= 4 is 35.1 Å². The first-order valence-electron chi connectivity index (χ1n) is 6.45. The van der Waals surface area contributed by atoms with Gasteiger partial charge in [-0.15, -0.1) is 11.8 Å². The highest BCUT2D eigenvalue weighted by molar-refractivity contribution is 8.00. The summed E-state index contributed by atoms with van der Waals surface area (Å²) in [5.74, 6) is 0.515. The topological polar surface area (TPSA) is 67.2 Å². The zero-order chi connectivity index (χ0) is 14.8. The fourth-order valence-electron chi connectivity index (χ4n) is 2.14. The normalized spacial score (nSPS) is 14.0. The first kappa shape index (κ1) is 13.7. The molecule has 0 atom stereocenters. The highest BCUT2D eigenvalue weighted by Crippen LogP contribution is 2.34. The number of anilines is 2. The molecule has 0 bridgehead atoms. The SMILES string of the molecule is Cn1ccc(NC(=O)CN2C(=O)CSc3ccccc32)n1. The molecule has 0 spiro atoms. The molecule has 1 aliphatic heterocycles. The Morgan fingerprint density at radius 3 is 2.95 bits per heavy atom. The van der Waals surface area contributed by atoms with E-state index in [-0.39, 0.29) is 18.4 Å². The van der Waals surface area contributed by atoms with E-state index in [1.165, 1.54) is 16.7 Å². The molecule has 1 N–H and O–H groups in total. The Balaban J connectivity index is 1.74. The van der Waals surface area contributed by atoms with Gasteiger partial charge in [0, 0.05) is 24.2 Å². The number of hydrogen-bond acceptors (Lipinski definition) is 4.